The molecule has 0 unspecified atom stereocenters. The van der Waals surface area contributed by atoms with Gasteiger partial charge in [-0.2, -0.15) is 0 Å². The van der Waals surface area contributed by atoms with Gasteiger partial charge in [-0.15, -0.1) is 0 Å². The van der Waals surface area contributed by atoms with Gasteiger partial charge in [0.25, 0.3) is 0 Å². The molecule has 0 radical (unpaired) electrons. The van der Waals surface area contributed by atoms with E-state index in [2.05, 4.69) is 22.2 Å². The van der Waals surface area contributed by atoms with E-state index in [0.29, 0.717) is 16.7 Å². The van der Waals surface area contributed by atoms with Crippen LogP contribution >= 0.6 is 11.6 Å². The van der Waals surface area contributed by atoms with Crippen molar-refractivity contribution < 1.29 is 4.74 Å². The van der Waals surface area contributed by atoms with Crippen molar-refractivity contribution in [2.24, 2.45) is 0 Å². The zero-order valence-corrected chi connectivity index (χ0v) is 11.7. The summed E-state index contributed by atoms with van der Waals surface area (Å²) in [4.78, 5) is 8.40. The van der Waals surface area contributed by atoms with Crippen molar-refractivity contribution in [3.8, 4) is 11.6 Å². The van der Waals surface area contributed by atoms with Crippen molar-refractivity contribution in [2.75, 3.05) is 6.54 Å². The molecule has 0 spiro atoms. The monoisotopic (exact) mass is 277 g/mol. The van der Waals surface area contributed by atoms with Gasteiger partial charge in [0.2, 0.25) is 5.88 Å². The molecule has 0 fully saturated rings. The Bertz CT molecular complexity index is 560. The fourth-order valence-corrected chi connectivity index (χ4v) is 1.82. The van der Waals surface area contributed by atoms with E-state index in [4.69, 9.17) is 16.3 Å². The third kappa shape index (κ3) is 3.66. The van der Waals surface area contributed by atoms with Crippen molar-refractivity contribution in [3.63, 3.8) is 0 Å². The summed E-state index contributed by atoms with van der Waals surface area (Å²) in [5.41, 5.74) is 1.83. The van der Waals surface area contributed by atoms with E-state index in [1.807, 2.05) is 25.1 Å². The van der Waals surface area contributed by atoms with E-state index >= 15 is 0 Å². The van der Waals surface area contributed by atoms with E-state index in [-0.39, 0.29) is 0 Å². The molecule has 0 aliphatic rings. The highest BCUT2D eigenvalue weighted by Gasteiger charge is 2.08. The van der Waals surface area contributed by atoms with E-state index in [1.54, 1.807) is 12.4 Å². The minimum Gasteiger partial charge on any atom is -0.436 e. The number of halogens is 1. The SMILES string of the molecule is CCNCc1cnc(Oc2cccnc2C)c(Cl)c1. The summed E-state index contributed by atoms with van der Waals surface area (Å²) >= 11 is 6.17. The summed E-state index contributed by atoms with van der Waals surface area (Å²) in [6.45, 7) is 5.58. The predicted octanol–water partition coefficient (Wildman–Crippen LogP) is 3.34. The maximum absolute atomic E-state index is 6.17. The third-order valence-electron chi connectivity index (χ3n) is 2.61. The molecule has 0 aliphatic heterocycles. The molecule has 4 nitrogen and oxygen atoms in total. The van der Waals surface area contributed by atoms with Gasteiger partial charge in [-0.3, -0.25) is 4.98 Å². The minimum absolute atomic E-state index is 0.401. The number of nitrogens with one attached hydrogen (secondary N) is 1. The summed E-state index contributed by atoms with van der Waals surface area (Å²) in [6, 6.07) is 5.51. The van der Waals surface area contributed by atoms with Crippen molar-refractivity contribution in [2.45, 2.75) is 20.4 Å². The topological polar surface area (TPSA) is 47.0 Å². The van der Waals surface area contributed by atoms with Crippen LogP contribution in [0.15, 0.2) is 30.6 Å². The average Bonchev–Trinajstić information content (AvgIpc) is 2.41. The van der Waals surface area contributed by atoms with Gasteiger partial charge >= 0.3 is 0 Å². The summed E-state index contributed by atoms with van der Waals surface area (Å²) in [5, 5.41) is 3.72. The van der Waals surface area contributed by atoms with Gasteiger partial charge in [0.1, 0.15) is 5.02 Å². The summed E-state index contributed by atoms with van der Waals surface area (Å²) in [5.74, 6) is 1.06. The standard InChI is InChI=1S/C14H16ClN3O/c1-3-16-8-11-7-12(15)14(18-9-11)19-13-5-4-6-17-10(13)2/h4-7,9,16H,3,8H2,1-2H3. The smallest absolute Gasteiger partial charge is 0.238 e. The fraction of sp³-hybridized carbons (Fsp3) is 0.286. The van der Waals surface area contributed by atoms with Crippen LogP contribution in [0.1, 0.15) is 18.2 Å². The zero-order valence-electron chi connectivity index (χ0n) is 11.0. The van der Waals surface area contributed by atoms with Crippen molar-refractivity contribution in [3.05, 3.63) is 46.9 Å². The molecule has 0 saturated carbocycles. The Labute approximate surface area is 117 Å². The summed E-state index contributed by atoms with van der Waals surface area (Å²) in [6.07, 6.45) is 3.48. The maximum atomic E-state index is 6.17. The molecule has 19 heavy (non-hydrogen) atoms. The number of aromatic nitrogens is 2. The van der Waals surface area contributed by atoms with Crippen LogP contribution in [0.5, 0.6) is 11.6 Å². The predicted molar refractivity (Wildman–Crippen MR) is 75.7 cm³/mol. The third-order valence-corrected chi connectivity index (χ3v) is 2.88. The Morgan fingerprint density at radius 1 is 1.37 bits per heavy atom. The number of rotatable bonds is 5. The highest BCUT2D eigenvalue weighted by atomic mass is 35.5. The second kappa shape index (κ2) is 6.50. The molecule has 2 rings (SSSR count). The molecule has 5 heteroatoms. The number of hydrogen-bond donors (Lipinski definition) is 1. The Kier molecular flexibility index (Phi) is 4.71. The first kappa shape index (κ1) is 13.8. The Hall–Kier alpha value is -1.65. The van der Waals surface area contributed by atoms with Crippen LogP contribution in [0.25, 0.3) is 0 Å². The largest absolute Gasteiger partial charge is 0.436 e. The molecular formula is C14H16ClN3O. The normalized spacial score (nSPS) is 10.5. The Morgan fingerprint density at radius 2 is 2.21 bits per heavy atom. The molecular weight excluding hydrogens is 262 g/mol. The Balaban J connectivity index is 2.15. The maximum Gasteiger partial charge on any atom is 0.238 e. The first-order valence-corrected chi connectivity index (χ1v) is 6.53. The fourth-order valence-electron chi connectivity index (χ4n) is 1.59. The number of nitrogens with zero attached hydrogens (tertiary/aromatic N) is 2. The molecule has 0 bridgehead atoms. The van der Waals surface area contributed by atoms with Crippen molar-refractivity contribution >= 4 is 11.6 Å². The van der Waals surface area contributed by atoms with Crippen LogP contribution in [0.2, 0.25) is 5.02 Å². The van der Waals surface area contributed by atoms with Crippen LogP contribution in [-0.4, -0.2) is 16.5 Å². The van der Waals surface area contributed by atoms with Gasteiger partial charge < -0.3 is 10.1 Å². The molecule has 0 atom stereocenters. The van der Waals surface area contributed by atoms with Crippen LogP contribution < -0.4 is 10.1 Å². The lowest BCUT2D eigenvalue weighted by Gasteiger charge is -2.09. The van der Waals surface area contributed by atoms with Crippen LogP contribution in [0, 0.1) is 6.92 Å². The average molecular weight is 278 g/mol. The molecule has 100 valence electrons. The lowest BCUT2D eigenvalue weighted by Crippen LogP contribution is -2.11. The first-order chi connectivity index (χ1) is 9.20. The van der Waals surface area contributed by atoms with Crippen LogP contribution in [0.4, 0.5) is 0 Å². The summed E-state index contributed by atoms with van der Waals surface area (Å²) < 4.78 is 5.67. The van der Waals surface area contributed by atoms with E-state index in [9.17, 15) is 0 Å². The molecule has 0 saturated heterocycles. The highest BCUT2D eigenvalue weighted by Crippen LogP contribution is 2.28. The molecule has 1 N–H and O–H groups in total. The lowest BCUT2D eigenvalue weighted by atomic mass is 10.3. The van der Waals surface area contributed by atoms with Gasteiger partial charge in [0, 0.05) is 18.9 Å². The van der Waals surface area contributed by atoms with Gasteiger partial charge in [-0.1, -0.05) is 18.5 Å². The van der Waals surface area contributed by atoms with Crippen molar-refractivity contribution in [1.29, 1.82) is 0 Å². The zero-order chi connectivity index (χ0) is 13.7. The highest BCUT2D eigenvalue weighted by molar-refractivity contribution is 6.31. The molecule has 2 aromatic heterocycles. The van der Waals surface area contributed by atoms with Gasteiger partial charge in [-0.25, -0.2) is 4.98 Å². The number of pyridine rings is 2. The number of hydrogen-bond acceptors (Lipinski definition) is 4. The van der Waals surface area contributed by atoms with Gasteiger partial charge in [0.15, 0.2) is 5.75 Å². The molecule has 2 aromatic rings. The van der Waals surface area contributed by atoms with E-state index < -0.39 is 0 Å². The molecule has 0 amide bonds. The molecule has 0 aliphatic carbocycles. The Morgan fingerprint density at radius 3 is 2.89 bits per heavy atom. The second-order valence-electron chi connectivity index (χ2n) is 4.10. The molecule has 2 heterocycles. The summed E-state index contributed by atoms with van der Waals surface area (Å²) in [7, 11) is 0. The van der Waals surface area contributed by atoms with E-state index in [1.165, 1.54) is 0 Å². The lowest BCUT2D eigenvalue weighted by molar-refractivity contribution is 0.456. The first-order valence-electron chi connectivity index (χ1n) is 6.15. The van der Waals surface area contributed by atoms with E-state index in [0.717, 1.165) is 24.3 Å². The van der Waals surface area contributed by atoms with Gasteiger partial charge in [0.05, 0.1) is 5.69 Å². The van der Waals surface area contributed by atoms with Gasteiger partial charge in [-0.05, 0) is 37.2 Å². The second-order valence-corrected chi connectivity index (χ2v) is 4.51. The van der Waals surface area contributed by atoms with Crippen LogP contribution in [0.3, 0.4) is 0 Å². The number of aryl methyl sites for hydroxylation is 1. The minimum atomic E-state index is 0.401. The van der Waals surface area contributed by atoms with Crippen LogP contribution in [-0.2, 0) is 6.54 Å². The van der Waals surface area contributed by atoms with Crippen molar-refractivity contribution in [1.82, 2.24) is 15.3 Å². The number of ether oxygens (including phenoxy) is 1. The quantitative estimate of drug-likeness (QED) is 0.910. The molecule has 0 aromatic carbocycles.